The molecule has 1 aromatic carbocycles. The minimum Gasteiger partial charge on any atom is -0.299 e. The van der Waals surface area contributed by atoms with Crippen molar-refractivity contribution in [2.75, 3.05) is 20.1 Å². The molecule has 0 N–H and O–H groups in total. The Bertz CT molecular complexity index is 536. The molecule has 0 saturated heterocycles. The summed E-state index contributed by atoms with van der Waals surface area (Å²) in [7, 11) is 2.10. The maximum atomic E-state index is 12.4. The van der Waals surface area contributed by atoms with E-state index < -0.39 is 0 Å². The summed E-state index contributed by atoms with van der Waals surface area (Å²) in [5, 5.41) is 0. The zero-order chi connectivity index (χ0) is 15.0. The maximum Gasteiger partial charge on any atom is 0.176 e. The van der Waals surface area contributed by atoms with Crippen LogP contribution in [0.4, 0.5) is 0 Å². The summed E-state index contributed by atoms with van der Waals surface area (Å²) in [5.41, 5.74) is 3.32. The van der Waals surface area contributed by atoms with E-state index in [-0.39, 0.29) is 5.78 Å². The van der Waals surface area contributed by atoms with Gasteiger partial charge in [-0.2, -0.15) is 0 Å². The molecule has 1 aromatic rings. The van der Waals surface area contributed by atoms with Gasteiger partial charge in [-0.1, -0.05) is 18.6 Å². The van der Waals surface area contributed by atoms with Crippen molar-refractivity contribution < 1.29 is 4.79 Å². The van der Waals surface area contributed by atoms with Crippen molar-refractivity contribution >= 4 is 5.78 Å². The number of nitrogens with zero attached hydrogens (tertiary/aromatic N) is 1. The van der Waals surface area contributed by atoms with Gasteiger partial charge < -0.3 is 0 Å². The fourth-order valence-electron chi connectivity index (χ4n) is 4.32. The first-order chi connectivity index (χ1) is 10.0. The third-order valence-corrected chi connectivity index (χ3v) is 5.67. The number of hydrogen-bond acceptors (Lipinski definition) is 2. The standard InChI is InChI=1S/C19H27NO/c1-13-4-6-17(8-14(13)2)19(21)12-20(3)11-18-10-15-5-7-16(18)9-15/h4,6,8,15-16,18H,5,7,9-12H2,1-3H3. The average Bonchev–Trinajstić information content (AvgIpc) is 3.04. The summed E-state index contributed by atoms with van der Waals surface area (Å²) >= 11 is 0. The molecule has 114 valence electrons. The van der Waals surface area contributed by atoms with Crippen LogP contribution in [0.5, 0.6) is 0 Å². The zero-order valence-corrected chi connectivity index (χ0v) is 13.6. The molecule has 0 heterocycles. The van der Waals surface area contributed by atoms with Gasteiger partial charge >= 0.3 is 0 Å². The monoisotopic (exact) mass is 285 g/mol. The first kappa shape index (κ1) is 14.8. The summed E-state index contributed by atoms with van der Waals surface area (Å²) in [6.07, 6.45) is 5.72. The molecule has 0 radical (unpaired) electrons. The van der Waals surface area contributed by atoms with Crippen LogP contribution in [0.2, 0.25) is 0 Å². The van der Waals surface area contributed by atoms with E-state index in [0.29, 0.717) is 6.54 Å². The van der Waals surface area contributed by atoms with Gasteiger partial charge in [0.2, 0.25) is 0 Å². The van der Waals surface area contributed by atoms with Crippen LogP contribution in [-0.4, -0.2) is 30.8 Å². The van der Waals surface area contributed by atoms with Crippen LogP contribution in [0.15, 0.2) is 18.2 Å². The minimum absolute atomic E-state index is 0.253. The average molecular weight is 285 g/mol. The van der Waals surface area contributed by atoms with E-state index in [9.17, 15) is 4.79 Å². The Morgan fingerprint density at radius 1 is 1.19 bits per heavy atom. The van der Waals surface area contributed by atoms with Crippen LogP contribution >= 0.6 is 0 Å². The number of Topliss-reactive ketones (excluding diaryl/α,β-unsaturated/α-hetero) is 1. The highest BCUT2D eigenvalue weighted by Gasteiger charge is 2.39. The predicted octanol–water partition coefficient (Wildman–Crippen LogP) is 3.85. The van der Waals surface area contributed by atoms with Crippen molar-refractivity contribution in [1.29, 1.82) is 0 Å². The number of carbonyl (C=O) groups is 1. The molecule has 2 nitrogen and oxygen atoms in total. The molecule has 0 spiro atoms. The number of benzene rings is 1. The fraction of sp³-hybridized carbons (Fsp3) is 0.632. The summed E-state index contributed by atoms with van der Waals surface area (Å²) in [6.45, 7) is 5.81. The SMILES string of the molecule is Cc1ccc(C(=O)CN(C)CC2CC3CCC2C3)cc1C. The lowest BCUT2D eigenvalue weighted by atomic mass is 9.88. The molecule has 0 aliphatic heterocycles. The Morgan fingerprint density at radius 3 is 2.62 bits per heavy atom. The highest BCUT2D eigenvalue weighted by atomic mass is 16.1. The van der Waals surface area contributed by atoms with Crippen molar-refractivity contribution in [2.45, 2.75) is 39.5 Å². The molecular weight excluding hydrogens is 258 g/mol. The van der Waals surface area contributed by atoms with Crippen molar-refractivity contribution in [3.05, 3.63) is 34.9 Å². The Hall–Kier alpha value is -1.15. The third-order valence-electron chi connectivity index (χ3n) is 5.67. The molecule has 2 heteroatoms. The molecule has 3 atom stereocenters. The second-order valence-corrected chi connectivity index (χ2v) is 7.35. The van der Waals surface area contributed by atoms with E-state index in [1.807, 2.05) is 12.1 Å². The smallest absolute Gasteiger partial charge is 0.176 e. The zero-order valence-electron chi connectivity index (χ0n) is 13.6. The largest absolute Gasteiger partial charge is 0.299 e. The quantitative estimate of drug-likeness (QED) is 0.766. The fourth-order valence-corrected chi connectivity index (χ4v) is 4.32. The highest BCUT2D eigenvalue weighted by Crippen LogP contribution is 2.48. The van der Waals surface area contributed by atoms with Crippen molar-refractivity contribution in [3.63, 3.8) is 0 Å². The van der Waals surface area contributed by atoms with E-state index in [4.69, 9.17) is 0 Å². The van der Waals surface area contributed by atoms with Gasteiger partial charge in [-0.3, -0.25) is 9.69 Å². The Morgan fingerprint density at radius 2 is 2.00 bits per heavy atom. The van der Waals surface area contributed by atoms with Gasteiger partial charge in [-0.05, 0) is 75.1 Å². The van der Waals surface area contributed by atoms with Gasteiger partial charge in [0.1, 0.15) is 0 Å². The second-order valence-electron chi connectivity index (χ2n) is 7.35. The number of aryl methyl sites for hydroxylation is 2. The molecule has 21 heavy (non-hydrogen) atoms. The van der Waals surface area contributed by atoms with Crippen LogP contribution in [0.25, 0.3) is 0 Å². The molecule has 2 saturated carbocycles. The van der Waals surface area contributed by atoms with Crippen LogP contribution in [-0.2, 0) is 0 Å². The van der Waals surface area contributed by atoms with Gasteiger partial charge in [-0.25, -0.2) is 0 Å². The van der Waals surface area contributed by atoms with Crippen molar-refractivity contribution in [2.24, 2.45) is 17.8 Å². The number of ketones is 1. The molecule has 0 amide bonds. The second kappa shape index (κ2) is 5.92. The summed E-state index contributed by atoms with van der Waals surface area (Å²) in [6, 6.07) is 6.05. The Kier molecular flexibility index (Phi) is 4.17. The minimum atomic E-state index is 0.253. The molecule has 3 unspecified atom stereocenters. The van der Waals surface area contributed by atoms with Gasteiger partial charge in [-0.15, -0.1) is 0 Å². The number of fused-ring (bicyclic) bond motifs is 2. The lowest BCUT2D eigenvalue weighted by Crippen LogP contribution is -2.32. The lowest BCUT2D eigenvalue weighted by molar-refractivity contribution is 0.0929. The molecule has 3 rings (SSSR count). The van der Waals surface area contributed by atoms with E-state index in [1.165, 1.54) is 36.8 Å². The van der Waals surface area contributed by atoms with E-state index in [1.54, 1.807) is 0 Å². The maximum absolute atomic E-state index is 12.4. The van der Waals surface area contributed by atoms with Gasteiger partial charge in [0, 0.05) is 12.1 Å². The molecular formula is C19H27NO. The van der Waals surface area contributed by atoms with Gasteiger partial charge in [0.25, 0.3) is 0 Å². The number of carbonyl (C=O) groups excluding carboxylic acids is 1. The lowest BCUT2D eigenvalue weighted by Gasteiger charge is -2.26. The molecule has 2 aliphatic carbocycles. The van der Waals surface area contributed by atoms with E-state index in [0.717, 1.165) is 29.9 Å². The number of rotatable bonds is 5. The summed E-state index contributed by atoms with van der Waals surface area (Å²) in [5.74, 6) is 3.02. The number of likely N-dealkylation sites (N-methyl/N-ethyl adjacent to an activating group) is 1. The molecule has 2 bridgehead atoms. The van der Waals surface area contributed by atoms with Gasteiger partial charge in [0.15, 0.2) is 5.78 Å². The Balaban J connectivity index is 1.55. The third kappa shape index (κ3) is 3.21. The predicted molar refractivity (Wildman–Crippen MR) is 86.7 cm³/mol. The molecule has 2 fully saturated rings. The van der Waals surface area contributed by atoms with E-state index >= 15 is 0 Å². The van der Waals surface area contributed by atoms with Crippen LogP contribution < -0.4 is 0 Å². The van der Waals surface area contributed by atoms with Gasteiger partial charge in [0.05, 0.1) is 6.54 Å². The molecule has 2 aliphatic rings. The summed E-state index contributed by atoms with van der Waals surface area (Å²) in [4.78, 5) is 14.6. The van der Waals surface area contributed by atoms with Crippen LogP contribution in [0.1, 0.15) is 47.2 Å². The first-order valence-corrected chi connectivity index (χ1v) is 8.32. The topological polar surface area (TPSA) is 20.3 Å². The van der Waals surface area contributed by atoms with Crippen LogP contribution in [0.3, 0.4) is 0 Å². The number of hydrogen-bond donors (Lipinski definition) is 0. The Labute approximate surface area is 128 Å². The summed E-state index contributed by atoms with van der Waals surface area (Å²) < 4.78 is 0. The van der Waals surface area contributed by atoms with Crippen molar-refractivity contribution in [3.8, 4) is 0 Å². The highest BCUT2D eigenvalue weighted by molar-refractivity contribution is 5.97. The van der Waals surface area contributed by atoms with E-state index in [2.05, 4.69) is 31.9 Å². The first-order valence-electron chi connectivity index (χ1n) is 8.32. The van der Waals surface area contributed by atoms with Crippen molar-refractivity contribution in [1.82, 2.24) is 4.90 Å². The normalized spacial score (nSPS) is 27.5. The van der Waals surface area contributed by atoms with Crippen LogP contribution in [0, 0.1) is 31.6 Å². The molecule has 0 aromatic heterocycles.